The molecule has 0 bridgehead atoms. The molecule has 0 aromatic heterocycles. The first-order valence-electron chi connectivity index (χ1n) is 12.4. The molecule has 14 heteroatoms. The molecule has 0 saturated carbocycles. The van der Waals surface area contributed by atoms with E-state index >= 15 is 0 Å². The van der Waals surface area contributed by atoms with Gasteiger partial charge in [0.05, 0.1) is 6.04 Å². The van der Waals surface area contributed by atoms with E-state index in [1.807, 2.05) is 0 Å². The molecule has 0 saturated heterocycles. The van der Waals surface area contributed by atoms with Gasteiger partial charge in [0.15, 0.2) is 0 Å². The number of rotatable bonds is 17. The van der Waals surface area contributed by atoms with Crippen molar-refractivity contribution in [2.24, 2.45) is 17.4 Å². The second kappa shape index (κ2) is 15.9. The summed E-state index contributed by atoms with van der Waals surface area (Å²) in [6.07, 6.45) is -1.02. The Bertz CT molecular complexity index is 1030. The average Bonchev–Trinajstić information content (AvgIpc) is 2.84. The molecule has 0 aliphatic heterocycles. The van der Waals surface area contributed by atoms with Crippen LogP contribution in [0.5, 0.6) is 5.75 Å². The zero-order valence-corrected chi connectivity index (χ0v) is 21.9. The number of nitrogens with two attached hydrogens (primary N) is 2. The van der Waals surface area contributed by atoms with Crippen molar-refractivity contribution < 1.29 is 44.1 Å². The third kappa shape index (κ3) is 12.7. The van der Waals surface area contributed by atoms with Gasteiger partial charge in [0.2, 0.25) is 23.6 Å². The number of nitrogens with one attached hydrogen (secondary N) is 3. The smallest absolute Gasteiger partial charge is 0.326 e. The van der Waals surface area contributed by atoms with Crippen LogP contribution < -0.4 is 27.4 Å². The van der Waals surface area contributed by atoms with Gasteiger partial charge in [-0.1, -0.05) is 26.0 Å². The minimum Gasteiger partial charge on any atom is -0.508 e. The van der Waals surface area contributed by atoms with Gasteiger partial charge in [-0.3, -0.25) is 24.0 Å². The quantitative estimate of drug-likeness (QED) is 0.117. The fraction of sp³-hybridized carbons (Fsp3) is 0.520. The van der Waals surface area contributed by atoms with Gasteiger partial charge in [-0.05, 0) is 42.9 Å². The first-order chi connectivity index (χ1) is 18.2. The third-order valence-corrected chi connectivity index (χ3v) is 5.65. The van der Waals surface area contributed by atoms with Crippen LogP contribution >= 0.6 is 0 Å². The zero-order chi connectivity index (χ0) is 29.7. The summed E-state index contributed by atoms with van der Waals surface area (Å²) in [5, 5.41) is 35.1. The second-order valence-electron chi connectivity index (χ2n) is 9.57. The summed E-state index contributed by atoms with van der Waals surface area (Å²) in [6.45, 7) is 3.57. The first-order valence-corrected chi connectivity index (χ1v) is 12.4. The van der Waals surface area contributed by atoms with Crippen molar-refractivity contribution in [1.82, 2.24) is 16.0 Å². The third-order valence-electron chi connectivity index (χ3n) is 5.65. The highest BCUT2D eigenvalue weighted by atomic mass is 16.4. The molecule has 0 aliphatic carbocycles. The average molecular weight is 552 g/mol. The van der Waals surface area contributed by atoms with Crippen molar-refractivity contribution >= 4 is 35.6 Å². The van der Waals surface area contributed by atoms with E-state index in [1.54, 1.807) is 13.8 Å². The number of carbonyl (C=O) groups is 6. The Kier molecular flexibility index (Phi) is 13.4. The number of benzene rings is 1. The van der Waals surface area contributed by atoms with E-state index in [-0.39, 0.29) is 50.2 Å². The summed E-state index contributed by atoms with van der Waals surface area (Å²) in [6, 6.07) is 0.616. The summed E-state index contributed by atoms with van der Waals surface area (Å²) in [5.74, 6) is -5.76. The zero-order valence-electron chi connectivity index (χ0n) is 21.9. The molecule has 0 aliphatic rings. The Morgan fingerprint density at radius 3 is 1.85 bits per heavy atom. The normalized spacial score (nSPS) is 13.9. The van der Waals surface area contributed by atoms with Gasteiger partial charge in [0.1, 0.15) is 23.9 Å². The minimum absolute atomic E-state index is 0.0187. The van der Waals surface area contributed by atoms with Gasteiger partial charge in [-0.2, -0.15) is 0 Å². The van der Waals surface area contributed by atoms with Crippen LogP contribution in [0.3, 0.4) is 0 Å². The molecule has 10 N–H and O–H groups in total. The molecule has 1 aromatic carbocycles. The van der Waals surface area contributed by atoms with E-state index in [2.05, 4.69) is 16.0 Å². The topological polar surface area (TPSA) is 251 Å². The summed E-state index contributed by atoms with van der Waals surface area (Å²) in [7, 11) is 0. The molecule has 4 amide bonds. The number of aliphatic carboxylic acids is 2. The lowest BCUT2D eigenvalue weighted by Gasteiger charge is -2.26. The molecule has 1 rings (SSSR count). The van der Waals surface area contributed by atoms with Gasteiger partial charge in [-0.25, -0.2) is 4.79 Å². The molecule has 0 fully saturated rings. The maximum Gasteiger partial charge on any atom is 0.326 e. The fourth-order valence-corrected chi connectivity index (χ4v) is 3.56. The van der Waals surface area contributed by atoms with Crippen LogP contribution in [0, 0.1) is 5.92 Å². The van der Waals surface area contributed by atoms with Crippen molar-refractivity contribution in [2.45, 2.75) is 76.5 Å². The monoisotopic (exact) mass is 551 g/mol. The summed E-state index contributed by atoms with van der Waals surface area (Å²) in [5.41, 5.74) is 11.4. The van der Waals surface area contributed by atoms with E-state index in [4.69, 9.17) is 16.6 Å². The number of hydrogen-bond acceptors (Lipinski definition) is 8. The Labute approximate surface area is 225 Å². The summed E-state index contributed by atoms with van der Waals surface area (Å²) >= 11 is 0. The maximum absolute atomic E-state index is 13.1. The number of phenolic OH excluding ortho intramolecular Hbond substituents is 1. The van der Waals surface area contributed by atoms with E-state index in [1.165, 1.54) is 24.3 Å². The molecule has 1 aromatic rings. The van der Waals surface area contributed by atoms with Crippen LogP contribution in [-0.2, 0) is 35.2 Å². The predicted molar refractivity (Wildman–Crippen MR) is 138 cm³/mol. The minimum atomic E-state index is -1.39. The van der Waals surface area contributed by atoms with Crippen LogP contribution in [0.4, 0.5) is 0 Å². The van der Waals surface area contributed by atoms with Crippen LogP contribution in [-0.4, -0.2) is 75.1 Å². The van der Waals surface area contributed by atoms with Crippen LogP contribution in [0.25, 0.3) is 0 Å². The Balaban J connectivity index is 3.04. The Morgan fingerprint density at radius 2 is 1.33 bits per heavy atom. The number of phenols is 1. The largest absolute Gasteiger partial charge is 0.508 e. The van der Waals surface area contributed by atoms with Gasteiger partial charge in [-0.15, -0.1) is 0 Å². The van der Waals surface area contributed by atoms with Crippen molar-refractivity contribution in [1.29, 1.82) is 0 Å². The molecule has 0 radical (unpaired) electrons. The first kappa shape index (κ1) is 32.8. The van der Waals surface area contributed by atoms with Gasteiger partial charge in [0, 0.05) is 19.3 Å². The van der Waals surface area contributed by atoms with E-state index in [0.29, 0.717) is 5.56 Å². The second-order valence-corrected chi connectivity index (χ2v) is 9.57. The van der Waals surface area contributed by atoms with Crippen molar-refractivity contribution in [3.63, 3.8) is 0 Å². The van der Waals surface area contributed by atoms with Gasteiger partial charge in [0.25, 0.3) is 0 Å². The van der Waals surface area contributed by atoms with Crippen molar-refractivity contribution in [2.75, 3.05) is 0 Å². The van der Waals surface area contributed by atoms with Crippen LogP contribution in [0.1, 0.15) is 51.5 Å². The summed E-state index contributed by atoms with van der Waals surface area (Å²) in [4.78, 5) is 72.5. The van der Waals surface area contributed by atoms with Gasteiger partial charge < -0.3 is 42.7 Å². The van der Waals surface area contributed by atoms with E-state index < -0.39 is 59.7 Å². The summed E-state index contributed by atoms with van der Waals surface area (Å²) < 4.78 is 0. The van der Waals surface area contributed by atoms with Gasteiger partial charge >= 0.3 is 11.9 Å². The molecule has 0 spiro atoms. The number of primary amides is 1. The molecule has 14 nitrogen and oxygen atoms in total. The number of carboxylic acid groups (broad SMARTS) is 2. The number of amides is 4. The standard InChI is InChI=1S/C25H37N5O9/c1-13(2)11-18(29-22(35)16(26)7-10-21(33)34)24(37)28-17(8-9-20(27)32)23(36)30-19(25(38)39)12-14-3-5-15(31)6-4-14/h3-6,13,16-19,31H,7-12,26H2,1-2H3,(H2,27,32)(H,28,37)(H,29,35)(H,30,36)(H,33,34)(H,38,39). The Hall–Kier alpha value is -4.20. The highest BCUT2D eigenvalue weighted by Crippen LogP contribution is 2.12. The van der Waals surface area contributed by atoms with Crippen LogP contribution in [0.15, 0.2) is 24.3 Å². The highest BCUT2D eigenvalue weighted by molar-refractivity contribution is 5.94. The lowest BCUT2D eigenvalue weighted by atomic mass is 10.0. The van der Waals surface area contributed by atoms with Crippen molar-refractivity contribution in [3.05, 3.63) is 29.8 Å². The number of aromatic hydroxyl groups is 1. The van der Waals surface area contributed by atoms with E-state index in [9.17, 15) is 39.0 Å². The molecular formula is C25H37N5O9. The molecule has 4 unspecified atom stereocenters. The highest BCUT2D eigenvalue weighted by Gasteiger charge is 2.31. The lowest BCUT2D eigenvalue weighted by molar-refractivity contribution is -0.142. The van der Waals surface area contributed by atoms with Crippen LogP contribution in [0.2, 0.25) is 0 Å². The number of carbonyl (C=O) groups excluding carboxylic acids is 4. The molecule has 39 heavy (non-hydrogen) atoms. The SMILES string of the molecule is CC(C)CC(NC(=O)C(N)CCC(=O)O)C(=O)NC(CCC(N)=O)C(=O)NC(Cc1ccc(O)cc1)C(=O)O. The molecular weight excluding hydrogens is 514 g/mol. The fourth-order valence-electron chi connectivity index (χ4n) is 3.56. The molecule has 0 heterocycles. The predicted octanol–water partition coefficient (Wildman–Crippen LogP) is -1.02. The molecule has 4 atom stereocenters. The Morgan fingerprint density at radius 1 is 0.795 bits per heavy atom. The molecule has 216 valence electrons. The lowest BCUT2D eigenvalue weighted by Crippen LogP contribution is -2.57. The van der Waals surface area contributed by atoms with Crippen molar-refractivity contribution in [3.8, 4) is 5.75 Å². The maximum atomic E-state index is 13.1. The number of hydrogen-bond donors (Lipinski definition) is 8. The number of carboxylic acids is 2. The van der Waals surface area contributed by atoms with E-state index in [0.717, 1.165) is 0 Å².